The summed E-state index contributed by atoms with van der Waals surface area (Å²) in [6, 6.07) is 2.51. The third-order valence-corrected chi connectivity index (χ3v) is 3.92. The average molecular weight is 235 g/mol. The van der Waals surface area contributed by atoms with Crippen LogP contribution >= 0.6 is 11.3 Å². The van der Waals surface area contributed by atoms with E-state index in [1.807, 2.05) is 11.4 Å². The number of aromatic nitrogens is 2. The van der Waals surface area contributed by atoms with Crippen molar-refractivity contribution in [1.29, 1.82) is 0 Å². The lowest BCUT2D eigenvalue weighted by molar-refractivity contribution is 0.0328. The Kier molecular flexibility index (Phi) is 2.49. The number of fused-ring (bicyclic) bond motifs is 1. The summed E-state index contributed by atoms with van der Waals surface area (Å²) in [6.07, 6.45) is 4.16. The molecule has 2 aromatic heterocycles. The number of hydrogen-bond acceptors (Lipinski definition) is 5. The molecule has 16 heavy (non-hydrogen) atoms. The van der Waals surface area contributed by atoms with Gasteiger partial charge in [0.1, 0.15) is 12.1 Å². The third-order valence-electron chi connectivity index (χ3n) is 3.01. The number of hydrogen-bond donors (Lipinski definition) is 1. The smallest absolute Gasteiger partial charge is 0.147 e. The average Bonchev–Trinajstić information content (AvgIpc) is 2.71. The lowest BCUT2D eigenvalue weighted by Gasteiger charge is -2.34. The molecular weight excluding hydrogens is 222 g/mol. The van der Waals surface area contributed by atoms with Crippen LogP contribution in [0.3, 0.4) is 0 Å². The van der Waals surface area contributed by atoms with Gasteiger partial charge in [-0.1, -0.05) is 0 Å². The molecule has 0 bridgehead atoms. The Balaban J connectivity index is 1.77. The highest BCUT2D eigenvalue weighted by molar-refractivity contribution is 7.17. The molecule has 1 fully saturated rings. The summed E-state index contributed by atoms with van der Waals surface area (Å²) in [5, 5.41) is 5.50. The van der Waals surface area contributed by atoms with E-state index in [-0.39, 0.29) is 0 Å². The molecule has 0 amide bonds. The number of rotatable bonds is 3. The highest BCUT2D eigenvalue weighted by Crippen LogP contribution is 2.30. The van der Waals surface area contributed by atoms with Crippen molar-refractivity contribution < 1.29 is 4.74 Å². The molecule has 2 heterocycles. The van der Waals surface area contributed by atoms with Gasteiger partial charge in [0, 0.05) is 13.2 Å². The summed E-state index contributed by atoms with van der Waals surface area (Å²) in [4.78, 5) is 8.52. The summed E-state index contributed by atoms with van der Waals surface area (Å²) in [5.41, 5.74) is 1.02. The Morgan fingerprint density at radius 2 is 2.31 bits per heavy atom. The van der Waals surface area contributed by atoms with Gasteiger partial charge in [-0.15, -0.1) is 11.3 Å². The first-order valence-electron chi connectivity index (χ1n) is 5.34. The maximum absolute atomic E-state index is 5.26. The van der Waals surface area contributed by atoms with Crippen LogP contribution in [0.1, 0.15) is 12.8 Å². The van der Waals surface area contributed by atoms with Crippen LogP contribution in [0.25, 0.3) is 10.2 Å². The minimum Gasteiger partial charge on any atom is -0.381 e. The second kappa shape index (κ2) is 3.99. The molecule has 5 heteroatoms. The highest BCUT2D eigenvalue weighted by Gasteiger charge is 2.29. The molecule has 3 rings (SSSR count). The molecule has 0 aromatic carbocycles. The SMILES string of the molecule is COC1CC(Nc2ncnc3ccsc23)C1. The van der Waals surface area contributed by atoms with E-state index in [0.717, 1.165) is 28.9 Å². The highest BCUT2D eigenvalue weighted by atomic mass is 32.1. The molecule has 1 aliphatic carbocycles. The van der Waals surface area contributed by atoms with Gasteiger partial charge in [0.2, 0.25) is 0 Å². The van der Waals surface area contributed by atoms with E-state index in [9.17, 15) is 0 Å². The number of nitrogens with one attached hydrogen (secondary N) is 1. The molecule has 4 nitrogen and oxygen atoms in total. The number of methoxy groups -OCH3 is 1. The van der Waals surface area contributed by atoms with Gasteiger partial charge in [-0.05, 0) is 24.3 Å². The van der Waals surface area contributed by atoms with Crippen molar-refractivity contribution in [3.05, 3.63) is 17.8 Å². The predicted octanol–water partition coefficient (Wildman–Crippen LogP) is 2.28. The number of nitrogens with zero attached hydrogens (tertiary/aromatic N) is 2. The van der Waals surface area contributed by atoms with E-state index in [1.54, 1.807) is 24.8 Å². The Hall–Kier alpha value is -1.20. The van der Waals surface area contributed by atoms with Crippen LogP contribution in [0.4, 0.5) is 5.82 Å². The molecule has 1 aliphatic rings. The zero-order chi connectivity index (χ0) is 11.0. The fourth-order valence-corrected chi connectivity index (χ4v) is 2.76. The van der Waals surface area contributed by atoms with Gasteiger partial charge in [0.25, 0.3) is 0 Å². The van der Waals surface area contributed by atoms with Crippen molar-refractivity contribution >= 4 is 27.4 Å². The summed E-state index contributed by atoms with van der Waals surface area (Å²) in [7, 11) is 1.77. The fourth-order valence-electron chi connectivity index (χ4n) is 1.96. The molecule has 0 radical (unpaired) electrons. The first-order valence-corrected chi connectivity index (χ1v) is 6.22. The second-order valence-electron chi connectivity index (χ2n) is 4.03. The van der Waals surface area contributed by atoms with Gasteiger partial charge < -0.3 is 10.1 Å². The largest absolute Gasteiger partial charge is 0.381 e. The van der Waals surface area contributed by atoms with Crippen LogP contribution in [0.15, 0.2) is 17.8 Å². The van der Waals surface area contributed by atoms with Gasteiger partial charge in [0.05, 0.1) is 16.3 Å². The molecule has 0 spiro atoms. The first kappa shape index (κ1) is 9.99. The standard InChI is InChI=1S/C11H13N3OS/c1-15-8-4-7(5-8)14-11-10-9(2-3-16-10)12-6-13-11/h2-3,6-8H,4-5H2,1H3,(H,12,13,14). The van der Waals surface area contributed by atoms with Crippen LogP contribution in [0.2, 0.25) is 0 Å². The van der Waals surface area contributed by atoms with Crippen LogP contribution in [-0.2, 0) is 4.74 Å². The van der Waals surface area contributed by atoms with Gasteiger partial charge in [-0.25, -0.2) is 9.97 Å². The minimum absolute atomic E-state index is 0.415. The van der Waals surface area contributed by atoms with E-state index >= 15 is 0 Å². The van der Waals surface area contributed by atoms with Gasteiger partial charge >= 0.3 is 0 Å². The molecule has 1 saturated carbocycles. The van der Waals surface area contributed by atoms with Crippen molar-refractivity contribution in [2.24, 2.45) is 0 Å². The molecule has 84 valence electrons. The molecule has 0 atom stereocenters. The number of ether oxygens (including phenoxy) is 1. The lowest BCUT2D eigenvalue weighted by atomic mass is 9.89. The maximum atomic E-state index is 5.26. The van der Waals surface area contributed by atoms with E-state index in [2.05, 4.69) is 15.3 Å². The molecule has 2 aromatic rings. The minimum atomic E-state index is 0.415. The third kappa shape index (κ3) is 1.66. The van der Waals surface area contributed by atoms with Crippen LogP contribution in [0, 0.1) is 0 Å². The van der Waals surface area contributed by atoms with E-state index in [0.29, 0.717) is 12.1 Å². The van der Waals surface area contributed by atoms with Crippen molar-refractivity contribution in [3.63, 3.8) is 0 Å². The molecule has 0 saturated heterocycles. The van der Waals surface area contributed by atoms with E-state index in [4.69, 9.17) is 4.74 Å². The zero-order valence-corrected chi connectivity index (χ0v) is 9.83. The second-order valence-corrected chi connectivity index (χ2v) is 4.94. The summed E-state index contributed by atoms with van der Waals surface area (Å²) < 4.78 is 6.40. The topological polar surface area (TPSA) is 47.0 Å². The molecule has 0 unspecified atom stereocenters. The molecular formula is C11H13N3OS. The first-order chi connectivity index (χ1) is 7.86. The number of anilines is 1. The summed E-state index contributed by atoms with van der Waals surface area (Å²) >= 11 is 1.68. The Labute approximate surface area is 97.7 Å². The summed E-state index contributed by atoms with van der Waals surface area (Å²) in [6.45, 7) is 0. The zero-order valence-electron chi connectivity index (χ0n) is 9.01. The normalized spacial score (nSPS) is 24.3. The van der Waals surface area contributed by atoms with Crippen LogP contribution in [-0.4, -0.2) is 29.2 Å². The van der Waals surface area contributed by atoms with Gasteiger partial charge in [-0.2, -0.15) is 0 Å². The van der Waals surface area contributed by atoms with Crippen molar-refractivity contribution in [1.82, 2.24) is 9.97 Å². The van der Waals surface area contributed by atoms with Crippen molar-refractivity contribution in [2.45, 2.75) is 25.0 Å². The van der Waals surface area contributed by atoms with E-state index in [1.165, 1.54) is 0 Å². The lowest BCUT2D eigenvalue weighted by Crippen LogP contribution is -2.40. The molecule has 1 N–H and O–H groups in total. The van der Waals surface area contributed by atoms with E-state index < -0.39 is 0 Å². The van der Waals surface area contributed by atoms with Gasteiger partial charge in [-0.3, -0.25) is 0 Å². The summed E-state index contributed by atoms with van der Waals surface area (Å²) in [5.74, 6) is 0.958. The van der Waals surface area contributed by atoms with Crippen molar-refractivity contribution in [3.8, 4) is 0 Å². The maximum Gasteiger partial charge on any atom is 0.147 e. The Morgan fingerprint density at radius 3 is 3.12 bits per heavy atom. The Bertz CT molecular complexity index is 493. The van der Waals surface area contributed by atoms with Crippen LogP contribution < -0.4 is 5.32 Å². The van der Waals surface area contributed by atoms with Gasteiger partial charge in [0.15, 0.2) is 0 Å². The Morgan fingerprint density at radius 1 is 1.44 bits per heavy atom. The van der Waals surface area contributed by atoms with Crippen molar-refractivity contribution in [2.75, 3.05) is 12.4 Å². The quantitative estimate of drug-likeness (QED) is 0.886. The number of thiophene rings is 1. The molecule has 0 aliphatic heterocycles. The van der Waals surface area contributed by atoms with Crippen LogP contribution in [0.5, 0.6) is 0 Å². The fraction of sp³-hybridized carbons (Fsp3) is 0.455. The monoisotopic (exact) mass is 235 g/mol. The predicted molar refractivity (Wildman–Crippen MR) is 64.9 cm³/mol.